The molecule has 0 spiro atoms. The van der Waals surface area contributed by atoms with Crippen LogP contribution in [0.2, 0.25) is 0 Å². The first-order chi connectivity index (χ1) is 14.0. The molecule has 0 fully saturated rings. The quantitative estimate of drug-likeness (QED) is 0.362. The summed E-state index contributed by atoms with van der Waals surface area (Å²) in [6, 6.07) is 10.9. The van der Waals surface area contributed by atoms with Crippen LogP contribution in [0, 0.1) is 11.2 Å². The average Bonchev–Trinajstić information content (AvgIpc) is 3.17. The molecule has 9 nitrogen and oxygen atoms in total. The number of benzene rings is 2. The van der Waals surface area contributed by atoms with Crippen LogP contribution in [-0.4, -0.2) is 35.8 Å². The van der Waals surface area contributed by atoms with Crippen molar-refractivity contribution in [1.29, 1.82) is 5.41 Å². The third-order valence-electron chi connectivity index (χ3n) is 3.58. The molecule has 1 aromatic heterocycles. The van der Waals surface area contributed by atoms with Crippen molar-refractivity contribution in [2.24, 2.45) is 0 Å². The van der Waals surface area contributed by atoms with Crippen molar-refractivity contribution in [3.63, 3.8) is 0 Å². The van der Waals surface area contributed by atoms with Crippen LogP contribution in [0.3, 0.4) is 0 Å². The Kier molecular flexibility index (Phi) is 6.39. The van der Waals surface area contributed by atoms with E-state index in [2.05, 4.69) is 41.5 Å². The SMILES string of the molecule is COc1cccc(OCC(=O)Nc2nonc2C(=N)Nc2ccc(F)c(Br)c2)c1. The molecule has 2 aromatic carbocycles. The van der Waals surface area contributed by atoms with E-state index in [-0.39, 0.29) is 28.4 Å². The molecular weight excluding hydrogens is 449 g/mol. The zero-order valence-corrected chi connectivity index (χ0v) is 16.6. The highest BCUT2D eigenvalue weighted by atomic mass is 79.9. The van der Waals surface area contributed by atoms with Gasteiger partial charge in [-0.15, -0.1) is 0 Å². The second-order valence-electron chi connectivity index (χ2n) is 5.61. The second kappa shape index (κ2) is 9.15. The first kappa shape index (κ1) is 20.3. The third kappa shape index (κ3) is 5.29. The molecule has 3 rings (SSSR count). The molecule has 1 amide bonds. The van der Waals surface area contributed by atoms with Gasteiger partial charge in [-0.25, -0.2) is 9.02 Å². The van der Waals surface area contributed by atoms with E-state index in [0.29, 0.717) is 17.2 Å². The van der Waals surface area contributed by atoms with E-state index in [1.54, 1.807) is 24.3 Å². The van der Waals surface area contributed by atoms with E-state index in [1.165, 1.54) is 25.3 Å². The maximum atomic E-state index is 13.3. The smallest absolute Gasteiger partial charge is 0.263 e. The summed E-state index contributed by atoms with van der Waals surface area (Å²) in [5.74, 6) is -0.167. The number of anilines is 2. The van der Waals surface area contributed by atoms with Crippen LogP contribution >= 0.6 is 15.9 Å². The van der Waals surface area contributed by atoms with Gasteiger partial charge in [0.1, 0.15) is 17.3 Å². The molecule has 0 saturated carbocycles. The van der Waals surface area contributed by atoms with E-state index in [0.717, 1.165) is 0 Å². The van der Waals surface area contributed by atoms with Gasteiger partial charge in [0.25, 0.3) is 5.91 Å². The molecule has 3 N–H and O–H groups in total. The molecule has 0 atom stereocenters. The minimum absolute atomic E-state index is 0.0276. The predicted octanol–water partition coefficient (Wildman–Crippen LogP) is 3.43. The topological polar surface area (TPSA) is 122 Å². The van der Waals surface area contributed by atoms with Crippen molar-refractivity contribution in [1.82, 2.24) is 10.3 Å². The minimum atomic E-state index is -0.526. The van der Waals surface area contributed by atoms with Gasteiger partial charge in [0, 0.05) is 11.8 Å². The number of methoxy groups -OCH3 is 1. The number of carbonyl (C=O) groups is 1. The van der Waals surface area contributed by atoms with Crippen molar-refractivity contribution >= 4 is 39.2 Å². The predicted molar refractivity (Wildman–Crippen MR) is 106 cm³/mol. The lowest BCUT2D eigenvalue weighted by atomic mass is 10.3. The summed E-state index contributed by atoms with van der Waals surface area (Å²) in [4.78, 5) is 12.1. The standard InChI is InChI=1S/C18H15BrFN5O4/c1-27-11-3-2-4-12(8-11)28-9-15(26)23-18-16(24-29-25-18)17(21)22-10-5-6-14(20)13(19)7-10/h2-8H,9H2,1H3,(H2,21,22)(H,23,25,26). The molecular formula is C18H15BrFN5O4. The molecule has 0 aliphatic heterocycles. The van der Waals surface area contributed by atoms with Crippen LogP contribution in [0.1, 0.15) is 5.69 Å². The lowest BCUT2D eigenvalue weighted by molar-refractivity contribution is -0.118. The Balaban J connectivity index is 1.60. The van der Waals surface area contributed by atoms with Gasteiger partial charge in [-0.3, -0.25) is 10.2 Å². The Hall–Kier alpha value is -3.47. The number of amides is 1. The largest absolute Gasteiger partial charge is 0.497 e. The van der Waals surface area contributed by atoms with Gasteiger partial charge in [0.05, 0.1) is 11.6 Å². The molecule has 0 aliphatic rings. The van der Waals surface area contributed by atoms with E-state index in [4.69, 9.17) is 14.9 Å². The van der Waals surface area contributed by atoms with Crippen molar-refractivity contribution in [3.05, 3.63) is 58.4 Å². The van der Waals surface area contributed by atoms with Crippen molar-refractivity contribution < 1.29 is 23.3 Å². The van der Waals surface area contributed by atoms with Crippen molar-refractivity contribution in [2.45, 2.75) is 0 Å². The van der Waals surface area contributed by atoms with Gasteiger partial charge >= 0.3 is 0 Å². The molecule has 3 aromatic rings. The fraction of sp³-hybridized carbons (Fsp3) is 0.111. The maximum Gasteiger partial charge on any atom is 0.263 e. The lowest BCUT2D eigenvalue weighted by Gasteiger charge is -2.09. The summed E-state index contributed by atoms with van der Waals surface area (Å²) in [5, 5.41) is 20.5. The number of carbonyl (C=O) groups excluding carboxylic acids is 1. The number of halogens is 2. The number of hydrogen-bond donors (Lipinski definition) is 3. The second-order valence-corrected chi connectivity index (χ2v) is 6.46. The molecule has 0 unspecified atom stereocenters. The fourth-order valence-corrected chi connectivity index (χ4v) is 2.60. The van der Waals surface area contributed by atoms with Crippen molar-refractivity contribution in [3.8, 4) is 11.5 Å². The Morgan fingerprint density at radius 2 is 2.00 bits per heavy atom. The summed E-state index contributed by atoms with van der Waals surface area (Å²) in [6.45, 7) is -0.300. The zero-order chi connectivity index (χ0) is 20.8. The Morgan fingerprint density at radius 3 is 2.76 bits per heavy atom. The number of aromatic nitrogens is 2. The molecule has 1 heterocycles. The average molecular weight is 464 g/mol. The lowest BCUT2D eigenvalue weighted by Crippen LogP contribution is -2.23. The number of nitrogens with one attached hydrogen (secondary N) is 3. The third-order valence-corrected chi connectivity index (χ3v) is 4.19. The molecule has 0 radical (unpaired) electrons. The summed E-state index contributed by atoms with van der Waals surface area (Å²) in [7, 11) is 1.53. The summed E-state index contributed by atoms with van der Waals surface area (Å²) >= 11 is 3.07. The van der Waals surface area contributed by atoms with Gasteiger partial charge in [-0.1, -0.05) is 6.07 Å². The first-order valence-electron chi connectivity index (χ1n) is 8.16. The maximum absolute atomic E-state index is 13.3. The molecule has 29 heavy (non-hydrogen) atoms. The first-order valence-corrected chi connectivity index (χ1v) is 8.96. The molecule has 0 bridgehead atoms. The minimum Gasteiger partial charge on any atom is -0.497 e. The van der Waals surface area contributed by atoms with E-state index < -0.39 is 11.7 Å². The Labute approximate surface area is 172 Å². The van der Waals surface area contributed by atoms with Crippen LogP contribution in [0.15, 0.2) is 51.6 Å². The Morgan fingerprint density at radius 1 is 1.21 bits per heavy atom. The van der Waals surface area contributed by atoms with Crippen LogP contribution in [0.25, 0.3) is 0 Å². The number of rotatable bonds is 7. The molecule has 0 aliphatic carbocycles. The van der Waals surface area contributed by atoms with Crippen LogP contribution in [0.5, 0.6) is 11.5 Å². The summed E-state index contributed by atoms with van der Waals surface area (Å²) in [5.41, 5.74) is 0.407. The van der Waals surface area contributed by atoms with Crippen LogP contribution in [-0.2, 0) is 4.79 Å². The summed E-state index contributed by atoms with van der Waals surface area (Å²) < 4.78 is 28.7. The van der Waals surface area contributed by atoms with Gasteiger partial charge in [-0.05, 0) is 56.6 Å². The van der Waals surface area contributed by atoms with Gasteiger partial charge in [0.2, 0.25) is 5.82 Å². The normalized spacial score (nSPS) is 10.3. The monoisotopic (exact) mass is 463 g/mol. The van der Waals surface area contributed by atoms with Crippen molar-refractivity contribution in [2.75, 3.05) is 24.4 Å². The fourth-order valence-electron chi connectivity index (χ4n) is 2.22. The zero-order valence-electron chi connectivity index (χ0n) is 15.0. The number of hydrogen-bond acceptors (Lipinski definition) is 7. The van der Waals surface area contributed by atoms with E-state index >= 15 is 0 Å². The van der Waals surface area contributed by atoms with Crippen LogP contribution in [0.4, 0.5) is 15.9 Å². The molecule has 11 heteroatoms. The number of amidine groups is 1. The highest BCUT2D eigenvalue weighted by molar-refractivity contribution is 9.10. The highest BCUT2D eigenvalue weighted by Crippen LogP contribution is 2.21. The Bertz CT molecular complexity index is 1040. The van der Waals surface area contributed by atoms with E-state index in [1.807, 2.05) is 0 Å². The number of nitrogens with zero attached hydrogens (tertiary/aromatic N) is 2. The van der Waals surface area contributed by atoms with Gasteiger partial charge in [0.15, 0.2) is 18.1 Å². The number of ether oxygens (including phenoxy) is 2. The van der Waals surface area contributed by atoms with E-state index in [9.17, 15) is 9.18 Å². The molecule has 150 valence electrons. The summed E-state index contributed by atoms with van der Waals surface area (Å²) in [6.07, 6.45) is 0. The molecule has 0 saturated heterocycles. The van der Waals surface area contributed by atoms with Gasteiger partial charge < -0.3 is 20.1 Å². The highest BCUT2D eigenvalue weighted by Gasteiger charge is 2.18. The van der Waals surface area contributed by atoms with Crippen LogP contribution < -0.4 is 20.1 Å². The van der Waals surface area contributed by atoms with Gasteiger partial charge in [-0.2, -0.15) is 0 Å².